The van der Waals surface area contributed by atoms with Gasteiger partial charge in [-0.3, -0.25) is 0 Å². The molecule has 2 aliphatic rings. The maximum absolute atomic E-state index is 15.1. The van der Waals surface area contributed by atoms with Crippen molar-refractivity contribution < 1.29 is 26.7 Å². The molecule has 2 aromatic carbocycles. The molecule has 1 unspecified atom stereocenters. The largest absolute Gasteiger partial charge is 0.461 e. The lowest BCUT2D eigenvalue weighted by atomic mass is 9.63. The Morgan fingerprint density at radius 3 is 2.31 bits per heavy atom. The minimum atomic E-state index is -4.57. The highest BCUT2D eigenvalue weighted by atomic mass is 19.3. The number of fused-ring (bicyclic) bond motifs is 1. The Kier molecular flexibility index (Phi) is 8.95. The zero-order valence-corrected chi connectivity index (χ0v) is 21.0. The second-order valence-corrected chi connectivity index (χ2v) is 10.8. The predicted molar refractivity (Wildman–Crippen MR) is 133 cm³/mol. The van der Waals surface area contributed by atoms with Gasteiger partial charge in [0, 0.05) is 5.56 Å². The summed E-state index contributed by atoms with van der Waals surface area (Å²) >= 11 is 0. The monoisotopic (exact) mass is 508 g/mol. The second kappa shape index (κ2) is 12.0. The van der Waals surface area contributed by atoms with E-state index in [1.807, 2.05) is 6.07 Å². The SMILES string of the molecule is CCCCCCC1CC[C@@H]2C[C@H](c3ccc(-c4ccc(OC(F)(F)C(F)F)cc4)c(F)c3)CC[C@@H]2C1. The first-order valence-corrected chi connectivity index (χ1v) is 13.5. The predicted octanol–water partition coefficient (Wildman–Crippen LogP) is 10.00. The highest BCUT2D eigenvalue weighted by Gasteiger charge is 2.44. The van der Waals surface area contributed by atoms with Crippen LogP contribution in [-0.4, -0.2) is 12.5 Å². The van der Waals surface area contributed by atoms with Crippen LogP contribution in [0.1, 0.15) is 89.0 Å². The number of rotatable bonds is 10. The summed E-state index contributed by atoms with van der Waals surface area (Å²) in [6.45, 7) is 2.25. The van der Waals surface area contributed by atoms with Crippen LogP contribution in [0.5, 0.6) is 5.75 Å². The van der Waals surface area contributed by atoms with Crippen molar-refractivity contribution in [3.8, 4) is 16.9 Å². The van der Waals surface area contributed by atoms with Crippen LogP contribution in [0.25, 0.3) is 11.1 Å². The van der Waals surface area contributed by atoms with Crippen LogP contribution in [0.3, 0.4) is 0 Å². The molecular weight excluding hydrogens is 471 g/mol. The van der Waals surface area contributed by atoms with Crippen LogP contribution in [0.15, 0.2) is 42.5 Å². The summed E-state index contributed by atoms with van der Waals surface area (Å²) in [5, 5.41) is 0. The molecule has 0 bridgehead atoms. The number of ether oxygens (including phenoxy) is 1. The van der Waals surface area contributed by atoms with E-state index in [1.54, 1.807) is 12.1 Å². The summed E-state index contributed by atoms with van der Waals surface area (Å²) in [4.78, 5) is 0. The van der Waals surface area contributed by atoms with Gasteiger partial charge in [-0.15, -0.1) is 0 Å². The van der Waals surface area contributed by atoms with Crippen molar-refractivity contribution in [3.05, 3.63) is 53.8 Å². The Morgan fingerprint density at radius 1 is 0.889 bits per heavy atom. The van der Waals surface area contributed by atoms with Gasteiger partial charge in [0.1, 0.15) is 11.6 Å². The van der Waals surface area contributed by atoms with Crippen LogP contribution in [0.2, 0.25) is 0 Å². The van der Waals surface area contributed by atoms with Gasteiger partial charge in [0.05, 0.1) is 0 Å². The molecule has 0 amide bonds. The van der Waals surface area contributed by atoms with Gasteiger partial charge >= 0.3 is 12.5 Å². The molecule has 4 rings (SSSR count). The van der Waals surface area contributed by atoms with E-state index in [9.17, 15) is 17.6 Å². The molecule has 1 nitrogen and oxygen atoms in total. The third-order valence-electron chi connectivity index (χ3n) is 8.33. The molecule has 0 aliphatic heterocycles. The maximum atomic E-state index is 15.1. The fourth-order valence-corrected chi connectivity index (χ4v) is 6.33. The third-order valence-corrected chi connectivity index (χ3v) is 8.33. The highest BCUT2D eigenvalue weighted by Crippen LogP contribution is 2.48. The molecule has 0 spiro atoms. The molecule has 0 aromatic heterocycles. The lowest BCUT2D eigenvalue weighted by Gasteiger charge is -2.42. The molecule has 2 aliphatic carbocycles. The van der Waals surface area contributed by atoms with Crippen LogP contribution in [-0.2, 0) is 0 Å². The van der Waals surface area contributed by atoms with Crippen molar-refractivity contribution in [3.63, 3.8) is 0 Å². The smallest absolute Gasteiger partial charge is 0.428 e. The van der Waals surface area contributed by atoms with E-state index in [0.717, 1.165) is 48.3 Å². The third kappa shape index (κ3) is 6.60. The summed E-state index contributed by atoms with van der Waals surface area (Å²) in [7, 11) is 0. The molecule has 6 heteroatoms. The molecule has 2 fully saturated rings. The Morgan fingerprint density at radius 2 is 1.61 bits per heavy atom. The number of benzene rings is 2. The molecule has 2 aromatic rings. The standard InChI is InChI=1S/C30H37F5O/c1-2-3-4-5-6-20-7-8-23-18-24(10-9-22(23)17-20)25-13-16-27(28(31)19-25)21-11-14-26(15-12-21)36-30(34,35)29(32)33/h11-16,19-20,22-24,29H,2-10,17-18H2,1H3/t20?,22-,23-,24-/m1/s1. The summed E-state index contributed by atoms with van der Waals surface area (Å²) in [6.07, 6.45) is 5.64. The maximum Gasteiger partial charge on any atom is 0.461 e. The highest BCUT2D eigenvalue weighted by molar-refractivity contribution is 5.65. The van der Waals surface area contributed by atoms with Gasteiger partial charge in [0.25, 0.3) is 0 Å². The minimum absolute atomic E-state index is 0.350. The van der Waals surface area contributed by atoms with Crippen molar-refractivity contribution in [1.29, 1.82) is 0 Å². The molecule has 2 saturated carbocycles. The Balaban J connectivity index is 1.34. The van der Waals surface area contributed by atoms with E-state index >= 15 is 4.39 Å². The number of alkyl halides is 4. The van der Waals surface area contributed by atoms with Gasteiger partial charge in [-0.25, -0.2) is 4.39 Å². The first-order valence-electron chi connectivity index (χ1n) is 13.5. The lowest BCUT2D eigenvalue weighted by Crippen LogP contribution is -2.33. The van der Waals surface area contributed by atoms with Crippen molar-refractivity contribution >= 4 is 0 Å². The van der Waals surface area contributed by atoms with Gasteiger partial charge in [0.2, 0.25) is 0 Å². The van der Waals surface area contributed by atoms with E-state index in [2.05, 4.69) is 11.7 Å². The number of halogens is 5. The van der Waals surface area contributed by atoms with Gasteiger partial charge < -0.3 is 4.74 Å². The van der Waals surface area contributed by atoms with Crippen LogP contribution in [0, 0.1) is 23.6 Å². The number of hydrogen-bond donors (Lipinski definition) is 0. The van der Waals surface area contributed by atoms with E-state index in [1.165, 1.54) is 69.9 Å². The van der Waals surface area contributed by atoms with Crippen molar-refractivity contribution in [2.24, 2.45) is 17.8 Å². The fraction of sp³-hybridized carbons (Fsp3) is 0.600. The Labute approximate surface area is 211 Å². The average molecular weight is 509 g/mol. The zero-order chi connectivity index (χ0) is 25.7. The van der Waals surface area contributed by atoms with Gasteiger partial charge in [-0.2, -0.15) is 17.6 Å². The van der Waals surface area contributed by atoms with Crippen LogP contribution >= 0.6 is 0 Å². The molecule has 0 saturated heterocycles. The van der Waals surface area contributed by atoms with E-state index in [0.29, 0.717) is 17.0 Å². The molecule has 198 valence electrons. The topological polar surface area (TPSA) is 9.23 Å². The van der Waals surface area contributed by atoms with Crippen molar-refractivity contribution in [2.75, 3.05) is 0 Å². The molecule has 0 radical (unpaired) electrons. The molecular formula is C30H37F5O. The minimum Gasteiger partial charge on any atom is -0.428 e. The van der Waals surface area contributed by atoms with Gasteiger partial charge in [0.15, 0.2) is 0 Å². The first-order chi connectivity index (χ1) is 17.3. The summed E-state index contributed by atoms with van der Waals surface area (Å²) in [5.41, 5.74) is 1.85. The van der Waals surface area contributed by atoms with E-state index in [-0.39, 0.29) is 5.82 Å². The van der Waals surface area contributed by atoms with Crippen molar-refractivity contribution in [1.82, 2.24) is 0 Å². The molecule has 0 heterocycles. The Bertz CT molecular complexity index is 974. The van der Waals surface area contributed by atoms with Crippen LogP contribution < -0.4 is 4.74 Å². The molecule has 36 heavy (non-hydrogen) atoms. The number of hydrogen-bond acceptors (Lipinski definition) is 1. The quantitative estimate of drug-likeness (QED) is 0.229. The van der Waals surface area contributed by atoms with Crippen LogP contribution in [0.4, 0.5) is 22.0 Å². The normalized spacial score (nSPS) is 24.5. The zero-order valence-electron chi connectivity index (χ0n) is 21.0. The van der Waals surface area contributed by atoms with Crippen molar-refractivity contribution in [2.45, 2.75) is 96.0 Å². The second-order valence-electron chi connectivity index (χ2n) is 10.8. The Hall–Kier alpha value is -2.11. The first kappa shape index (κ1) is 26.9. The van der Waals surface area contributed by atoms with E-state index in [4.69, 9.17) is 0 Å². The molecule has 0 N–H and O–H groups in total. The average Bonchev–Trinajstić information content (AvgIpc) is 2.86. The number of unbranched alkanes of at least 4 members (excludes halogenated alkanes) is 3. The lowest BCUT2D eigenvalue weighted by molar-refractivity contribution is -0.253. The van der Waals surface area contributed by atoms with Gasteiger partial charge in [-0.1, -0.05) is 69.7 Å². The summed E-state index contributed by atoms with van der Waals surface area (Å²) in [5.74, 6) is 2.04. The summed E-state index contributed by atoms with van der Waals surface area (Å²) in [6, 6.07) is 10.4. The summed E-state index contributed by atoms with van der Waals surface area (Å²) < 4.78 is 70.1. The molecule has 4 atom stereocenters. The van der Waals surface area contributed by atoms with Gasteiger partial charge in [-0.05, 0) is 85.1 Å². The fourth-order valence-electron chi connectivity index (χ4n) is 6.33. The van der Waals surface area contributed by atoms with E-state index < -0.39 is 18.3 Å².